The van der Waals surface area contributed by atoms with Crippen LogP contribution >= 0.6 is 0 Å². The average Bonchev–Trinajstić information content (AvgIpc) is 3.06. The van der Waals surface area contributed by atoms with E-state index in [1.165, 1.54) is 24.9 Å². The number of rotatable bonds is 17. The topological polar surface area (TPSA) is 130 Å². The van der Waals surface area contributed by atoms with Gasteiger partial charge in [0, 0.05) is 71.4 Å². The molecule has 48 heavy (non-hydrogen) atoms. The van der Waals surface area contributed by atoms with Crippen molar-refractivity contribution in [2.75, 3.05) is 59.6 Å². The number of carboxylic acid groups (broad SMARTS) is 1. The van der Waals surface area contributed by atoms with Crippen molar-refractivity contribution in [3.63, 3.8) is 0 Å². The van der Waals surface area contributed by atoms with Gasteiger partial charge in [-0.3, -0.25) is 20.0 Å². The summed E-state index contributed by atoms with van der Waals surface area (Å²) >= 11 is 0. The number of aliphatic carboxylic acids is 1. The number of aryl methyl sites for hydroxylation is 1. The highest BCUT2D eigenvalue weighted by Gasteiger charge is 2.38. The fourth-order valence-electron chi connectivity index (χ4n) is 4.93. The van der Waals surface area contributed by atoms with E-state index in [2.05, 4.69) is 76.4 Å². The molecule has 0 bridgehead atoms. The third kappa shape index (κ3) is 15.9. The molecule has 0 atom stereocenters. The second kappa shape index (κ2) is 22.0. The predicted molar refractivity (Wildman–Crippen MR) is 182 cm³/mol. The molecule has 1 aliphatic heterocycles. The highest BCUT2D eigenvalue weighted by molar-refractivity contribution is 5.96. The molecule has 13 heteroatoms. The predicted octanol–water partition coefficient (Wildman–Crippen LogP) is 5.48. The maximum atomic E-state index is 12.4. The Morgan fingerprint density at radius 2 is 1.56 bits per heavy atom. The molecule has 1 heterocycles. The first-order valence-corrected chi connectivity index (χ1v) is 16.6. The lowest BCUT2D eigenvalue weighted by Gasteiger charge is -2.34. The lowest BCUT2D eigenvalue weighted by molar-refractivity contribution is -0.192. The summed E-state index contributed by atoms with van der Waals surface area (Å²) < 4.78 is 43.1. The number of nitrogens with zero attached hydrogens (tertiary/aromatic N) is 3. The van der Waals surface area contributed by atoms with Crippen LogP contribution in [0.5, 0.6) is 5.75 Å². The molecule has 1 fully saturated rings. The van der Waals surface area contributed by atoms with Crippen molar-refractivity contribution in [3.05, 3.63) is 53.6 Å². The van der Waals surface area contributed by atoms with Crippen molar-refractivity contribution >= 4 is 17.8 Å². The fraction of sp³-hybridized carbons (Fsp3) is 0.571. The van der Waals surface area contributed by atoms with E-state index in [4.69, 9.17) is 25.1 Å². The number of unbranched alkanes of at least 4 members (excludes halogenated alkanes) is 2. The molecule has 0 radical (unpaired) electrons. The molecule has 1 aliphatic rings. The Hall–Kier alpha value is -3.68. The number of alkyl halides is 3. The smallest absolute Gasteiger partial charge is 0.490 e. The summed E-state index contributed by atoms with van der Waals surface area (Å²) in [6, 6.07) is 15.1. The Balaban J connectivity index is 0.00000103. The lowest BCUT2D eigenvalue weighted by atomic mass is 9.99. The van der Waals surface area contributed by atoms with E-state index in [9.17, 15) is 18.0 Å². The highest BCUT2D eigenvalue weighted by Crippen LogP contribution is 2.32. The molecule has 1 amide bonds. The highest BCUT2D eigenvalue weighted by atomic mass is 19.4. The number of aliphatic imine (C=N–C) groups is 1. The number of amides is 1. The minimum Gasteiger partial charge on any atom is -0.493 e. The van der Waals surface area contributed by atoms with Crippen LogP contribution in [0.4, 0.5) is 13.2 Å². The van der Waals surface area contributed by atoms with Gasteiger partial charge in [0.15, 0.2) is 5.96 Å². The molecule has 2 aromatic rings. The summed E-state index contributed by atoms with van der Waals surface area (Å²) in [6.45, 7) is 13.0. The van der Waals surface area contributed by atoms with Gasteiger partial charge in [0.1, 0.15) is 5.75 Å². The van der Waals surface area contributed by atoms with Gasteiger partial charge in [-0.05, 0) is 48.6 Å². The van der Waals surface area contributed by atoms with Crippen molar-refractivity contribution in [3.8, 4) is 16.9 Å². The zero-order chi connectivity index (χ0) is 35.4. The molecule has 0 aromatic heterocycles. The molecule has 3 rings (SSSR count). The normalized spacial score (nSPS) is 14.2. The van der Waals surface area contributed by atoms with Crippen LogP contribution in [0.2, 0.25) is 0 Å². The van der Waals surface area contributed by atoms with Gasteiger partial charge in [-0.25, -0.2) is 4.79 Å². The zero-order valence-electron chi connectivity index (χ0n) is 28.5. The standard InChI is InChI=1S/C33H51N5O3.C2HF3O2/c1-4-6-17-35-33(34)36-32(39)16-12-27-11-15-30(31(25-27)41-24-8-23-40-3)29-13-9-28(10-14-29)26-38-21-19-37(20-22-38)18-7-5-2;3-2(4,5)1(6)7/h9-11,13-15,25H,4-8,12,16-24,26H2,1-3H3,(H3,34,35,36,39);(H,6,7). The molecule has 2 aromatic carbocycles. The number of halogens is 3. The summed E-state index contributed by atoms with van der Waals surface area (Å²) in [5.74, 6) is -1.87. The maximum absolute atomic E-state index is 12.4. The second-order valence-corrected chi connectivity index (χ2v) is 11.7. The van der Waals surface area contributed by atoms with Crippen LogP contribution in [-0.4, -0.2) is 98.5 Å². The monoisotopic (exact) mass is 679 g/mol. The lowest BCUT2D eigenvalue weighted by Crippen LogP contribution is -2.46. The molecule has 0 unspecified atom stereocenters. The van der Waals surface area contributed by atoms with Crippen LogP contribution in [0.1, 0.15) is 63.5 Å². The number of methoxy groups -OCH3 is 1. The van der Waals surface area contributed by atoms with E-state index in [0.717, 1.165) is 74.4 Å². The Morgan fingerprint density at radius 3 is 2.17 bits per heavy atom. The third-order valence-electron chi connectivity index (χ3n) is 7.70. The van der Waals surface area contributed by atoms with Crippen molar-refractivity contribution in [1.82, 2.24) is 15.1 Å². The molecule has 268 valence electrons. The molecule has 4 N–H and O–H groups in total. The molecular formula is C35H52F3N5O5. The van der Waals surface area contributed by atoms with Crippen LogP contribution < -0.4 is 15.8 Å². The van der Waals surface area contributed by atoms with Crippen LogP contribution in [0, 0.1) is 0 Å². The SMILES string of the molecule is CCCCN=C(N)NC(=O)CCc1ccc(-c2ccc(CN3CCN(CCCC)CC3)cc2)c(OCCCOC)c1.O=C(O)C(F)(F)F. The number of ether oxygens (including phenoxy) is 2. The van der Waals surface area contributed by atoms with Gasteiger partial charge < -0.3 is 25.2 Å². The number of nitrogens with two attached hydrogens (primary N) is 1. The number of guanidine groups is 1. The number of hydrogen-bond donors (Lipinski definition) is 3. The first-order chi connectivity index (χ1) is 23.0. The minimum absolute atomic E-state index is 0.132. The van der Waals surface area contributed by atoms with Gasteiger partial charge in [0.25, 0.3) is 0 Å². The quantitative estimate of drug-likeness (QED) is 0.114. The van der Waals surface area contributed by atoms with E-state index >= 15 is 0 Å². The summed E-state index contributed by atoms with van der Waals surface area (Å²) in [5.41, 5.74) is 10.4. The summed E-state index contributed by atoms with van der Waals surface area (Å²) in [4.78, 5) is 30.6. The van der Waals surface area contributed by atoms with Crippen molar-refractivity contribution < 1.29 is 37.3 Å². The summed E-state index contributed by atoms with van der Waals surface area (Å²) in [5, 5.41) is 9.82. The molecular weight excluding hydrogens is 627 g/mol. The molecule has 0 aliphatic carbocycles. The number of piperazine rings is 1. The molecule has 0 saturated carbocycles. The maximum Gasteiger partial charge on any atom is 0.490 e. The van der Waals surface area contributed by atoms with E-state index < -0.39 is 12.1 Å². The number of carboxylic acids is 1. The van der Waals surface area contributed by atoms with E-state index in [0.29, 0.717) is 32.6 Å². The minimum atomic E-state index is -5.08. The van der Waals surface area contributed by atoms with Crippen LogP contribution in [0.15, 0.2) is 47.5 Å². The van der Waals surface area contributed by atoms with Gasteiger partial charge in [0.2, 0.25) is 5.91 Å². The van der Waals surface area contributed by atoms with Crippen molar-refractivity contribution in [2.24, 2.45) is 10.7 Å². The molecule has 1 saturated heterocycles. The van der Waals surface area contributed by atoms with Crippen molar-refractivity contribution in [2.45, 2.75) is 71.5 Å². The number of carbonyl (C=O) groups excluding carboxylic acids is 1. The summed E-state index contributed by atoms with van der Waals surface area (Å²) in [7, 11) is 1.70. The van der Waals surface area contributed by atoms with Gasteiger partial charge >= 0.3 is 12.1 Å². The van der Waals surface area contributed by atoms with Crippen LogP contribution in [0.25, 0.3) is 11.1 Å². The Kier molecular flexibility index (Phi) is 18.6. The number of nitrogens with one attached hydrogen (secondary N) is 1. The number of hydrogen-bond acceptors (Lipinski definition) is 7. The summed E-state index contributed by atoms with van der Waals surface area (Å²) in [6.07, 6.45) is 1.19. The third-order valence-corrected chi connectivity index (χ3v) is 7.70. The zero-order valence-corrected chi connectivity index (χ0v) is 28.5. The van der Waals surface area contributed by atoms with Crippen molar-refractivity contribution in [1.29, 1.82) is 0 Å². The van der Waals surface area contributed by atoms with Gasteiger partial charge in [-0.1, -0.05) is 63.1 Å². The Labute approximate surface area is 282 Å². The van der Waals surface area contributed by atoms with Crippen LogP contribution in [0.3, 0.4) is 0 Å². The Bertz CT molecular complexity index is 1270. The largest absolute Gasteiger partial charge is 0.493 e. The first kappa shape index (κ1) is 40.5. The molecule has 10 nitrogen and oxygen atoms in total. The van der Waals surface area contributed by atoms with E-state index in [1.807, 2.05) is 0 Å². The number of benzene rings is 2. The van der Waals surface area contributed by atoms with E-state index in [-0.39, 0.29) is 11.9 Å². The second-order valence-electron chi connectivity index (χ2n) is 11.7. The van der Waals surface area contributed by atoms with E-state index in [1.54, 1.807) is 7.11 Å². The van der Waals surface area contributed by atoms with Gasteiger partial charge in [-0.2, -0.15) is 13.2 Å². The first-order valence-electron chi connectivity index (χ1n) is 16.6. The van der Waals surface area contributed by atoms with Crippen LogP contribution in [-0.2, 0) is 27.3 Å². The number of carbonyl (C=O) groups is 2. The fourth-order valence-corrected chi connectivity index (χ4v) is 4.93. The molecule has 0 spiro atoms. The van der Waals surface area contributed by atoms with Gasteiger partial charge in [0.05, 0.1) is 6.61 Å². The average molecular weight is 680 g/mol. The Morgan fingerprint density at radius 1 is 0.938 bits per heavy atom. The van der Waals surface area contributed by atoms with Gasteiger partial charge in [-0.15, -0.1) is 0 Å².